The van der Waals surface area contributed by atoms with Crippen molar-refractivity contribution in [1.82, 2.24) is 5.32 Å². The Kier molecular flexibility index (Phi) is 8.07. The van der Waals surface area contributed by atoms with Gasteiger partial charge in [-0.1, -0.05) is 76.6 Å². The molecule has 1 aliphatic rings. The van der Waals surface area contributed by atoms with Crippen molar-refractivity contribution in [3.05, 3.63) is 65.7 Å². The predicted molar refractivity (Wildman–Crippen MR) is 133 cm³/mol. The number of nitrogens with one attached hydrogen (secondary N) is 2. The Morgan fingerprint density at radius 1 is 1.12 bits per heavy atom. The number of hydrogen-bond donors (Lipinski definition) is 3. The lowest BCUT2D eigenvalue weighted by Gasteiger charge is -2.31. The fourth-order valence-corrected chi connectivity index (χ4v) is 4.41. The van der Waals surface area contributed by atoms with Gasteiger partial charge in [-0.2, -0.15) is 0 Å². The van der Waals surface area contributed by atoms with Crippen molar-refractivity contribution in [2.45, 2.75) is 77.7 Å². The van der Waals surface area contributed by atoms with Gasteiger partial charge in [0.15, 0.2) is 0 Å². The van der Waals surface area contributed by atoms with Crippen LogP contribution in [0.3, 0.4) is 0 Å². The van der Waals surface area contributed by atoms with Crippen molar-refractivity contribution in [1.29, 1.82) is 0 Å². The van der Waals surface area contributed by atoms with E-state index in [0.717, 1.165) is 42.5 Å². The molecule has 0 spiro atoms. The lowest BCUT2D eigenvalue weighted by atomic mass is 9.83. The van der Waals surface area contributed by atoms with Crippen LogP contribution < -0.4 is 16.4 Å². The van der Waals surface area contributed by atoms with E-state index in [-0.39, 0.29) is 24.1 Å². The summed E-state index contributed by atoms with van der Waals surface area (Å²) in [5.41, 5.74) is 7.48. The zero-order valence-electron chi connectivity index (χ0n) is 20.6. The minimum absolute atomic E-state index is 0.107. The standard InChI is InChI=1S/C27H37N3O4/c1-5-6-12-23(30-25(32)33-18-19-10-8-7-9-11-19)29-21-15-13-20(14-16-21)22-17-27(22,26(2,3)4)34-24(28)31/h7-11,13-16,22-23,29H,5-6,12,17-18H2,1-4H3,(H2,28,31)(H,30,32). The normalized spacial score (nSPS) is 20.2. The lowest BCUT2D eigenvalue weighted by Crippen LogP contribution is -2.40. The summed E-state index contributed by atoms with van der Waals surface area (Å²) in [6.07, 6.45) is 2.08. The third-order valence-corrected chi connectivity index (χ3v) is 6.47. The van der Waals surface area contributed by atoms with Crippen LogP contribution in [0.5, 0.6) is 0 Å². The second-order valence-electron chi connectivity index (χ2n) is 9.98. The third kappa shape index (κ3) is 6.43. The number of primary amides is 1. The van der Waals surface area contributed by atoms with Crippen LogP contribution in [0.15, 0.2) is 54.6 Å². The van der Waals surface area contributed by atoms with E-state index in [1.54, 1.807) is 0 Å². The number of alkyl carbamates (subject to hydrolysis) is 1. The highest BCUT2D eigenvalue weighted by Gasteiger charge is 2.65. The summed E-state index contributed by atoms with van der Waals surface area (Å²) in [6, 6.07) is 17.6. The van der Waals surface area contributed by atoms with Crippen LogP contribution in [0, 0.1) is 5.41 Å². The molecule has 2 aromatic rings. The van der Waals surface area contributed by atoms with Crippen LogP contribution in [-0.2, 0) is 16.1 Å². The summed E-state index contributed by atoms with van der Waals surface area (Å²) >= 11 is 0. The van der Waals surface area contributed by atoms with E-state index in [1.807, 2.05) is 54.6 Å². The van der Waals surface area contributed by atoms with E-state index >= 15 is 0 Å². The van der Waals surface area contributed by atoms with Gasteiger partial charge in [0, 0.05) is 17.0 Å². The summed E-state index contributed by atoms with van der Waals surface area (Å²) in [5, 5.41) is 6.33. The van der Waals surface area contributed by atoms with E-state index in [9.17, 15) is 9.59 Å². The molecule has 1 aliphatic carbocycles. The topological polar surface area (TPSA) is 103 Å². The third-order valence-electron chi connectivity index (χ3n) is 6.47. The molecule has 0 heterocycles. The Bertz CT molecular complexity index is 956. The molecule has 1 saturated carbocycles. The minimum atomic E-state index is -0.736. The van der Waals surface area contributed by atoms with Gasteiger partial charge in [0.1, 0.15) is 18.4 Å². The number of nitrogens with two attached hydrogens (primary N) is 1. The number of amides is 2. The van der Waals surface area contributed by atoms with Crippen molar-refractivity contribution in [2.24, 2.45) is 11.1 Å². The van der Waals surface area contributed by atoms with Gasteiger partial charge < -0.3 is 25.8 Å². The number of carbonyl (C=O) groups excluding carboxylic acids is 2. The van der Waals surface area contributed by atoms with Crippen LogP contribution in [0.25, 0.3) is 0 Å². The van der Waals surface area contributed by atoms with Gasteiger partial charge >= 0.3 is 12.2 Å². The van der Waals surface area contributed by atoms with Crippen LogP contribution in [0.2, 0.25) is 0 Å². The van der Waals surface area contributed by atoms with E-state index in [4.69, 9.17) is 15.2 Å². The van der Waals surface area contributed by atoms with Crippen molar-refractivity contribution in [2.75, 3.05) is 5.32 Å². The molecule has 2 aromatic carbocycles. The van der Waals surface area contributed by atoms with Gasteiger partial charge in [-0.15, -0.1) is 0 Å². The minimum Gasteiger partial charge on any atom is -0.445 e. The van der Waals surface area contributed by atoms with Gasteiger partial charge in [0.05, 0.1) is 0 Å². The molecule has 1 fully saturated rings. The molecule has 0 aliphatic heterocycles. The summed E-state index contributed by atoms with van der Waals surface area (Å²) in [4.78, 5) is 23.9. The fraction of sp³-hybridized carbons (Fsp3) is 0.481. The molecular formula is C27H37N3O4. The van der Waals surface area contributed by atoms with E-state index in [1.165, 1.54) is 0 Å². The Labute approximate surface area is 202 Å². The summed E-state index contributed by atoms with van der Waals surface area (Å²) < 4.78 is 11.0. The second-order valence-corrected chi connectivity index (χ2v) is 9.98. The number of unbranched alkanes of at least 4 members (excludes halogenated alkanes) is 1. The quantitative estimate of drug-likeness (QED) is 0.377. The molecule has 7 nitrogen and oxygen atoms in total. The first-order chi connectivity index (χ1) is 16.1. The number of hydrogen-bond acceptors (Lipinski definition) is 5. The van der Waals surface area contributed by atoms with Gasteiger partial charge in [-0.05, 0) is 42.5 Å². The van der Waals surface area contributed by atoms with Crippen molar-refractivity contribution >= 4 is 17.9 Å². The number of ether oxygens (including phenoxy) is 2. The fourth-order valence-electron chi connectivity index (χ4n) is 4.41. The molecule has 7 heteroatoms. The molecule has 0 bridgehead atoms. The maximum absolute atomic E-state index is 12.4. The van der Waals surface area contributed by atoms with Gasteiger partial charge in [0.25, 0.3) is 0 Å². The molecule has 2 amide bonds. The van der Waals surface area contributed by atoms with Crippen molar-refractivity contribution in [3.8, 4) is 0 Å². The Morgan fingerprint density at radius 2 is 1.79 bits per heavy atom. The van der Waals surface area contributed by atoms with Gasteiger partial charge in [-0.25, -0.2) is 9.59 Å². The maximum atomic E-state index is 12.4. The van der Waals surface area contributed by atoms with Crippen LogP contribution in [-0.4, -0.2) is 24.0 Å². The zero-order valence-corrected chi connectivity index (χ0v) is 20.6. The molecule has 3 rings (SSSR count). The molecule has 34 heavy (non-hydrogen) atoms. The average molecular weight is 468 g/mol. The summed E-state index contributed by atoms with van der Waals surface area (Å²) in [7, 11) is 0. The highest BCUT2D eigenvalue weighted by molar-refractivity contribution is 5.68. The number of anilines is 1. The Balaban J connectivity index is 1.60. The molecule has 3 atom stereocenters. The molecule has 3 unspecified atom stereocenters. The van der Waals surface area contributed by atoms with E-state index < -0.39 is 17.8 Å². The molecule has 0 saturated heterocycles. The second kappa shape index (κ2) is 10.8. The van der Waals surface area contributed by atoms with Crippen LogP contribution >= 0.6 is 0 Å². The monoisotopic (exact) mass is 467 g/mol. The Hall–Kier alpha value is -3.22. The maximum Gasteiger partial charge on any atom is 0.409 e. The highest BCUT2D eigenvalue weighted by Crippen LogP contribution is 2.63. The first-order valence-corrected chi connectivity index (χ1v) is 12.0. The number of rotatable bonds is 10. The molecule has 4 N–H and O–H groups in total. The lowest BCUT2D eigenvalue weighted by molar-refractivity contribution is 0.0111. The van der Waals surface area contributed by atoms with Crippen molar-refractivity contribution in [3.63, 3.8) is 0 Å². The number of benzene rings is 2. The van der Waals surface area contributed by atoms with Crippen LogP contribution in [0.4, 0.5) is 15.3 Å². The SMILES string of the molecule is CCCCC(NC(=O)OCc1ccccc1)Nc1ccc(C2CC2(OC(N)=O)C(C)(C)C)cc1. The molecule has 184 valence electrons. The van der Waals surface area contributed by atoms with E-state index in [2.05, 4.69) is 38.3 Å². The van der Waals surface area contributed by atoms with Crippen molar-refractivity contribution < 1.29 is 19.1 Å². The van der Waals surface area contributed by atoms with Crippen LogP contribution in [0.1, 0.15) is 70.4 Å². The van der Waals surface area contributed by atoms with Gasteiger partial charge in [-0.3, -0.25) is 0 Å². The first kappa shape index (κ1) is 25.4. The molecule has 0 radical (unpaired) electrons. The summed E-state index contributed by atoms with van der Waals surface area (Å²) in [5.74, 6) is 0.107. The highest BCUT2D eigenvalue weighted by atomic mass is 16.6. The predicted octanol–water partition coefficient (Wildman–Crippen LogP) is 5.91. The summed E-state index contributed by atoms with van der Waals surface area (Å²) in [6.45, 7) is 8.53. The molecule has 0 aromatic heterocycles. The largest absolute Gasteiger partial charge is 0.445 e. The molecular weight excluding hydrogens is 430 g/mol. The smallest absolute Gasteiger partial charge is 0.409 e. The van der Waals surface area contributed by atoms with Gasteiger partial charge in [0.2, 0.25) is 0 Å². The van der Waals surface area contributed by atoms with E-state index in [0.29, 0.717) is 0 Å². The Morgan fingerprint density at radius 3 is 2.38 bits per heavy atom. The average Bonchev–Trinajstić information content (AvgIpc) is 3.52. The first-order valence-electron chi connectivity index (χ1n) is 12.0. The zero-order chi connectivity index (χ0) is 24.8. The number of carbonyl (C=O) groups is 2.